The zero-order valence-corrected chi connectivity index (χ0v) is 12.8. The Bertz CT molecular complexity index is 566. The van der Waals surface area contributed by atoms with Crippen LogP contribution in [-0.4, -0.2) is 5.11 Å². The van der Waals surface area contributed by atoms with Gasteiger partial charge in [-0.25, -0.2) is 0 Å². The van der Waals surface area contributed by atoms with Crippen LogP contribution in [0.4, 0.5) is 0 Å². The van der Waals surface area contributed by atoms with Gasteiger partial charge in [0.15, 0.2) is 0 Å². The molecule has 0 aliphatic heterocycles. The first-order valence-corrected chi connectivity index (χ1v) is 7.35. The number of hydrogen-bond donors (Lipinski definition) is 1. The predicted molar refractivity (Wildman–Crippen MR) is 80.1 cm³/mol. The molecule has 0 bridgehead atoms. The molecule has 3 heteroatoms. The average Bonchev–Trinajstić information content (AvgIpc) is 2.34. The molecule has 0 amide bonds. The molecule has 2 aromatic carbocycles. The van der Waals surface area contributed by atoms with E-state index in [9.17, 15) is 0 Å². The highest BCUT2D eigenvalue weighted by atomic mass is 79.9. The molecule has 0 radical (unpaired) electrons. The zero-order valence-electron chi connectivity index (χ0n) is 10.4. The van der Waals surface area contributed by atoms with Crippen LogP contribution in [0.1, 0.15) is 16.7 Å². The molecule has 1 nitrogen and oxygen atoms in total. The molecule has 0 spiro atoms. The van der Waals surface area contributed by atoms with Gasteiger partial charge in [-0.1, -0.05) is 35.5 Å². The second-order valence-corrected chi connectivity index (χ2v) is 6.23. The second-order valence-electron chi connectivity index (χ2n) is 4.29. The van der Waals surface area contributed by atoms with Crippen molar-refractivity contribution in [1.29, 1.82) is 0 Å². The summed E-state index contributed by atoms with van der Waals surface area (Å²) in [6.07, 6.45) is 0. The first-order valence-electron chi connectivity index (χ1n) is 5.74. The van der Waals surface area contributed by atoms with Crippen molar-refractivity contribution in [1.82, 2.24) is 0 Å². The molecule has 0 saturated heterocycles. The summed E-state index contributed by atoms with van der Waals surface area (Å²) in [5.41, 5.74) is 3.50. The van der Waals surface area contributed by atoms with Crippen molar-refractivity contribution in [3.63, 3.8) is 0 Å². The molecule has 0 fully saturated rings. The Balaban J connectivity index is 2.28. The number of benzene rings is 2. The Morgan fingerprint density at radius 1 is 1.06 bits per heavy atom. The molecule has 0 aromatic heterocycles. The Morgan fingerprint density at radius 2 is 1.78 bits per heavy atom. The van der Waals surface area contributed by atoms with E-state index in [2.05, 4.69) is 48.0 Å². The van der Waals surface area contributed by atoms with Gasteiger partial charge in [0.05, 0.1) is 6.61 Å². The van der Waals surface area contributed by atoms with Crippen molar-refractivity contribution in [2.24, 2.45) is 0 Å². The molecule has 0 heterocycles. The average molecular weight is 323 g/mol. The summed E-state index contributed by atoms with van der Waals surface area (Å²) < 4.78 is 1.03. The number of aliphatic hydroxyl groups is 1. The van der Waals surface area contributed by atoms with Gasteiger partial charge >= 0.3 is 0 Å². The lowest BCUT2D eigenvalue weighted by Crippen LogP contribution is -1.86. The van der Waals surface area contributed by atoms with Crippen LogP contribution < -0.4 is 0 Å². The lowest BCUT2D eigenvalue weighted by molar-refractivity contribution is 0.281. The van der Waals surface area contributed by atoms with E-state index in [0.29, 0.717) is 0 Å². The Labute approximate surface area is 120 Å². The fourth-order valence-electron chi connectivity index (χ4n) is 1.76. The number of hydrogen-bond acceptors (Lipinski definition) is 2. The minimum Gasteiger partial charge on any atom is -0.392 e. The molecule has 94 valence electrons. The first kappa shape index (κ1) is 13.7. The van der Waals surface area contributed by atoms with E-state index in [1.807, 2.05) is 18.2 Å². The monoisotopic (exact) mass is 322 g/mol. The summed E-state index contributed by atoms with van der Waals surface area (Å²) in [5, 5.41) is 9.09. The third-order valence-corrected chi connectivity index (χ3v) is 4.90. The molecule has 0 saturated carbocycles. The van der Waals surface area contributed by atoms with Crippen LogP contribution in [0.3, 0.4) is 0 Å². The molecular weight excluding hydrogens is 308 g/mol. The summed E-state index contributed by atoms with van der Waals surface area (Å²) in [6.45, 7) is 4.31. The van der Waals surface area contributed by atoms with Crippen molar-refractivity contribution in [3.8, 4) is 0 Å². The molecule has 18 heavy (non-hydrogen) atoms. The van der Waals surface area contributed by atoms with Crippen molar-refractivity contribution in [3.05, 3.63) is 57.6 Å². The molecule has 0 atom stereocenters. The summed E-state index contributed by atoms with van der Waals surface area (Å²) >= 11 is 5.29. The highest BCUT2D eigenvalue weighted by Gasteiger charge is 2.06. The standard InChI is InChI=1S/C15H15BrOS/c1-10-3-5-14(11(2)7-10)18-15-6-4-12(9-17)8-13(15)16/h3-8,17H,9H2,1-2H3. The van der Waals surface area contributed by atoms with Gasteiger partial charge in [0.1, 0.15) is 0 Å². The van der Waals surface area contributed by atoms with Crippen LogP contribution >= 0.6 is 27.7 Å². The van der Waals surface area contributed by atoms with Crippen molar-refractivity contribution in [2.75, 3.05) is 0 Å². The Hall–Kier alpha value is -0.770. The normalized spacial score (nSPS) is 10.7. The van der Waals surface area contributed by atoms with Crippen LogP contribution in [0, 0.1) is 13.8 Å². The quantitative estimate of drug-likeness (QED) is 0.883. The maximum Gasteiger partial charge on any atom is 0.0682 e. The maximum atomic E-state index is 9.09. The lowest BCUT2D eigenvalue weighted by Gasteiger charge is -2.09. The van der Waals surface area contributed by atoms with Crippen LogP contribution in [0.25, 0.3) is 0 Å². The highest BCUT2D eigenvalue weighted by molar-refractivity contribution is 9.10. The van der Waals surface area contributed by atoms with Gasteiger partial charge in [-0.15, -0.1) is 0 Å². The van der Waals surface area contributed by atoms with E-state index < -0.39 is 0 Å². The number of aliphatic hydroxyl groups excluding tert-OH is 1. The van der Waals surface area contributed by atoms with E-state index in [4.69, 9.17) is 5.11 Å². The minimum atomic E-state index is 0.0765. The van der Waals surface area contributed by atoms with E-state index >= 15 is 0 Å². The van der Waals surface area contributed by atoms with Gasteiger partial charge in [0.2, 0.25) is 0 Å². The summed E-state index contributed by atoms with van der Waals surface area (Å²) in [5.74, 6) is 0. The third-order valence-electron chi connectivity index (χ3n) is 2.73. The van der Waals surface area contributed by atoms with Crippen molar-refractivity contribution in [2.45, 2.75) is 30.2 Å². The van der Waals surface area contributed by atoms with E-state index in [0.717, 1.165) is 10.0 Å². The molecule has 0 aliphatic rings. The summed E-state index contributed by atoms with van der Waals surface area (Å²) in [6, 6.07) is 12.4. The van der Waals surface area contributed by atoms with Crippen molar-refractivity contribution >= 4 is 27.7 Å². The van der Waals surface area contributed by atoms with Crippen LogP contribution in [0.5, 0.6) is 0 Å². The van der Waals surface area contributed by atoms with Crippen LogP contribution in [0.15, 0.2) is 50.7 Å². The smallest absolute Gasteiger partial charge is 0.0682 e. The Kier molecular flexibility index (Phi) is 4.49. The lowest BCUT2D eigenvalue weighted by atomic mass is 10.2. The number of rotatable bonds is 3. The van der Waals surface area contributed by atoms with E-state index in [1.165, 1.54) is 20.9 Å². The summed E-state index contributed by atoms with van der Waals surface area (Å²) in [4.78, 5) is 2.43. The van der Waals surface area contributed by atoms with Gasteiger partial charge in [0, 0.05) is 14.3 Å². The largest absolute Gasteiger partial charge is 0.392 e. The predicted octanol–water partition coefficient (Wildman–Crippen LogP) is 4.71. The SMILES string of the molecule is Cc1ccc(Sc2ccc(CO)cc2Br)c(C)c1. The topological polar surface area (TPSA) is 20.2 Å². The van der Waals surface area contributed by atoms with Gasteiger partial charge in [-0.3, -0.25) is 0 Å². The van der Waals surface area contributed by atoms with Gasteiger partial charge in [0.25, 0.3) is 0 Å². The Morgan fingerprint density at radius 3 is 2.39 bits per heavy atom. The molecule has 2 aromatic rings. The molecule has 2 rings (SSSR count). The van der Waals surface area contributed by atoms with Crippen LogP contribution in [0.2, 0.25) is 0 Å². The highest BCUT2D eigenvalue weighted by Crippen LogP contribution is 2.35. The van der Waals surface area contributed by atoms with E-state index in [-0.39, 0.29) is 6.61 Å². The molecule has 0 unspecified atom stereocenters. The van der Waals surface area contributed by atoms with Crippen LogP contribution in [-0.2, 0) is 6.61 Å². The summed E-state index contributed by atoms with van der Waals surface area (Å²) in [7, 11) is 0. The van der Waals surface area contributed by atoms with Gasteiger partial charge in [-0.2, -0.15) is 0 Å². The van der Waals surface area contributed by atoms with Crippen molar-refractivity contribution < 1.29 is 5.11 Å². The third kappa shape index (κ3) is 3.16. The van der Waals surface area contributed by atoms with Gasteiger partial charge in [-0.05, 0) is 59.1 Å². The second kappa shape index (κ2) is 5.91. The van der Waals surface area contributed by atoms with Gasteiger partial charge < -0.3 is 5.11 Å². The zero-order chi connectivity index (χ0) is 13.1. The fraction of sp³-hybridized carbons (Fsp3) is 0.200. The maximum absolute atomic E-state index is 9.09. The number of halogens is 1. The molecule has 1 N–H and O–H groups in total. The first-order chi connectivity index (χ1) is 8.60. The minimum absolute atomic E-state index is 0.0765. The fourth-order valence-corrected chi connectivity index (χ4v) is 3.31. The molecule has 0 aliphatic carbocycles. The number of aryl methyl sites for hydroxylation is 2. The molecular formula is C15H15BrOS. The van der Waals surface area contributed by atoms with E-state index in [1.54, 1.807) is 11.8 Å².